The molecule has 2 heterocycles. The average molecular weight is 333 g/mol. The van der Waals surface area contributed by atoms with Crippen molar-refractivity contribution in [2.75, 3.05) is 32.8 Å². The maximum Gasteiger partial charge on any atom is 0.315 e. The van der Waals surface area contributed by atoms with Gasteiger partial charge < -0.3 is 20.1 Å². The van der Waals surface area contributed by atoms with Gasteiger partial charge in [-0.3, -0.25) is 4.90 Å². The fourth-order valence-corrected chi connectivity index (χ4v) is 3.50. The Bertz CT molecular complexity index is 556. The van der Waals surface area contributed by atoms with E-state index in [1.165, 1.54) is 0 Å². The van der Waals surface area contributed by atoms with Crippen molar-refractivity contribution >= 4 is 6.03 Å². The summed E-state index contributed by atoms with van der Waals surface area (Å²) in [6.07, 6.45) is 1.30. The molecule has 0 aromatic heterocycles. The van der Waals surface area contributed by atoms with Gasteiger partial charge in [-0.05, 0) is 19.9 Å². The van der Waals surface area contributed by atoms with Crippen molar-refractivity contribution < 1.29 is 14.3 Å². The van der Waals surface area contributed by atoms with Crippen molar-refractivity contribution in [2.45, 2.75) is 38.5 Å². The summed E-state index contributed by atoms with van der Waals surface area (Å²) < 4.78 is 11.3. The Hall–Kier alpha value is -1.79. The number of para-hydroxylation sites is 1. The highest BCUT2D eigenvalue weighted by atomic mass is 16.5. The van der Waals surface area contributed by atoms with Gasteiger partial charge >= 0.3 is 6.03 Å². The van der Waals surface area contributed by atoms with Gasteiger partial charge in [-0.2, -0.15) is 0 Å². The van der Waals surface area contributed by atoms with Gasteiger partial charge in [0.1, 0.15) is 5.75 Å². The Morgan fingerprint density at radius 2 is 2.00 bits per heavy atom. The van der Waals surface area contributed by atoms with E-state index in [0.29, 0.717) is 13.2 Å². The number of morpholine rings is 1. The lowest BCUT2D eigenvalue weighted by Crippen LogP contribution is -2.49. The molecule has 1 saturated heterocycles. The van der Waals surface area contributed by atoms with Crippen LogP contribution in [-0.2, 0) is 4.74 Å². The number of fused-ring (bicyclic) bond motifs is 1. The number of nitrogens with zero attached hydrogens (tertiary/aromatic N) is 1. The summed E-state index contributed by atoms with van der Waals surface area (Å²) in [5, 5.41) is 6.02. The van der Waals surface area contributed by atoms with Crippen molar-refractivity contribution in [1.82, 2.24) is 15.5 Å². The lowest BCUT2D eigenvalue weighted by molar-refractivity contribution is -0.0672. The molecule has 1 fully saturated rings. The third kappa shape index (κ3) is 4.39. The maximum atomic E-state index is 12.2. The van der Waals surface area contributed by atoms with Crippen LogP contribution in [0.2, 0.25) is 0 Å². The second-order valence-electron chi connectivity index (χ2n) is 6.64. The molecule has 2 N–H and O–H groups in total. The lowest BCUT2D eigenvalue weighted by atomic mass is 10.0. The van der Waals surface area contributed by atoms with Crippen molar-refractivity contribution in [3.63, 3.8) is 0 Å². The normalized spacial score (nSPS) is 27.0. The SMILES string of the molecule is C[C@@H]1CN(CCNC(=O)N[C@H]2CCOc3ccccc32)C[C@H](C)O1. The summed E-state index contributed by atoms with van der Waals surface area (Å²) in [6.45, 7) is 8.12. The van der Waals surface area contributed by atoms with E-state index in [2.05, 4.69) is 29.4 Å². The number of urea groups is 1. The lowest BCUT2D eigenvalue weighted by Gasteiger charge is -2.35. The van der Waals surface area contributed by atoms with Crippen LogP contribution >= 0.6 is 0 Å². The molecule has 6 heteroatoms. The topological polar surface area (TPSA) is 62.8 Å². The van der Waals surface area contributed by atoms with Gasteiger partial charge in [-0.25, -0.2) is 4.79 Å². The predicted molar refractivity (Wildman–Crippen MR) is 92.3 cm³/mol. The van der Waals surface area contributed by atoms with E-state index >= 15 is 0 Å². The molecule has 24 heavy (non-hydrogen) atoms. The number of amides is 2. The largest absolute Gasteiger partial charge is 0.493 e. The molecule has 0 saturated carbocycles. The van der Waals surface area contributed by atoms with Crippen LogP contribution in [0.25, 0.3) is 0 Å². The van der Waals surface area contributed by atoms with Gasteiger partial charge in [0.05, 0.1) is 24.9 Å². The van der Waals surface area contributed by atoms with Crippen molar-refractivity contribution in [3.05, 3.63) is 29.8 Å². The van der Waals surface area contributed by atoms with Crippen molar-refractivity contribution in [2.24, 2.45) is 0 Å². The van der Waals surface area contributed by atoms with Crippen molar-refractivity contribution in [3.8, 4) is 5.75 Å². The molecule has 1 aromatic rings. The first kappa shape index (κ1) is 17.0. The van der Waals surface area contributed by atoms with Crippen LogP contribution in [0, 0.1) is 0 Å². The molecule has 0 spiro atoms. The Morgan fingerprint density at radius 1 is 1.25 bits per heavy atom. The minimum Gasteiger partial charge on any atom is -0.493 e. The van der Waals surface area contributed by atoms with Crippen LogP contribution in [0.15, 0.2) is 24.3 Å². The molecule has 132 valence electrons. The molecule has 2 aliphatic rings. The zero-order chi connectivity index (χ0) is 16.9. The van der Waals surface area contributed by atoms with Gasteiger partial charge in [-0.15, -0.1) is 0 Å². The number of carbonyl (C=O) groups is 1. The minimum absolute atomic E-state index is 0.0124. The number of hydrogen-bond donors (Lipinski definition) is 2. The fourth-order valence-electron chi connectivity index (χ4n) is 3.50. The summed E-state index contributed by atoms with van der Waals surface area (Å²) >= 11 is 0. The molecule has 1 aromatic carbocycles. The quantitative estimate of drug-likeness (QED) is 0.884. The zero-order valence-corrected chi connectivity index (χ0v) is 14.5. The van der Waals surface area contributed by atoms with Crippen LogP contribution in [0.5, 0.6) is 5.75 Å². The highest BCUT2D eigenvalue weighted by Gasteiger charge is 2.23. The average Bonchev–Trinajstić information content (AvgIpc) is 2.54. The van der Waals surface area contributed by atoms with Crippen LogP contribution in [-0.4, -0.2) is 55.9 Å². The van der Waals surface area contributed by atoms with E-state index in [1.54, 1.807) is 0 Å². The van der Waals surface area contributed by atoms with Gasteiger partial charge in [0.15, 0.2) is 0 Å². The highest BCUT2D eigenvalue weighted by molar-refractivity contribution is 5.74. The number of ether oxygens (including phenoxy) is 2. The Morgan fingerprint density at radius 3 is 2.79 bits per heavy atom. The molecular weight excluding hydrogens is 306 g/mol. The Labute approximate surface area is 143 Å². The standard InChI is InChI=1S/C18H27N3O3/c1-13-11-21(12-14(2)24-13)9-8-19-18(22)20-16-7-10-23-17-6-4-3-5-15(16)17/h3-6,13-14,16H,7-12H2,1-2H3,(H2,19,20,22)/t13-,14+,16-/m0/s1. The second-order valence-corrected chi connectivity index (χ2v) is 6.64. The first-order chi connectivity index (χ1) is 11.6. The third-order valence-corrected chi connectivity index (χ3v) is 4.47. The molecule has 2 amide bonds. The van der Waals surface area contributed by atoms with Crippen LogP contribution < -0.4 is 15.4 Å². The highest BCUT2D eigenvalue weighted by Crippen LogP contribution is 2.31. The first-order valence-electron chi connectivity index (χ1n) is 8.75. The first-order valence-corrected chi connectivity index (χ1v) is 8.75. The van der Waals surface area contributed by atoms with Gasteiger partial charge in [0.2, 0.25) is 0 Å². The number of benzene rings is 1. The number of rotatable bonds is 4. The summed E-state index contributed by atoms with van der Waals surface area (Å²) in [6, 6.07) is 7.77. The molecular formula is C18H27N3O3. The summed E-state index contributed by atoms with van der Waals surface area (Å²) in [5.41, 5.74) is 1.05. The minimum atomic E-state index is -0.119. The predicted octanol–water partition coefficient (Wildman–Crippen LogP) is 1.92. The van der Waals surface area contributed by atoms with Crippen LogP contribution in [0.4, 0.5) is 4.79 Å². The number of carbonyl (C=O) groups excluding carboxylic acids is 1. The summed E-state index contributed by atoms with van der Waals surface area (Å²) in [4.78, 5) is 14.5. The maximum absolute atomic E-state index is 12.2. The molecule has 3 rings (SSSR count). The van der Waals surface area contributed by atoms with E-state index < -0.39 is 0 Å². The third-order valence-electron chi connectivity index (χ3n) is 4.47. The van der Waals surface area contributed by atoms with Gasteiger partial charge in [0.25, 0.3) is 0 Å². The molecule has 0 aliphatic carbocycles. The molecule has 0 bridgehead atoms. The van der Waals surface area contributed by atoms with Crippen LogP contribution in [0.1, 0.15) is 31.9 Å². The monoisotopic (exact) mass is 333 g/mol. The van der Waals surface area contributed by atoms with E-state index in [1.807, 2.05) is 24.3 Å². The molecule has 3 atom stereocenters. The molecule has 0 unspecified atom stereocenters. The summed E-state index contributed by atoms with van der Waals surface area (Å²) in [5.74, 6) is 0.866. The van der Waals surface area contributed by atoms with E-state index in [0.717, 1.165) is 37.4 Å². The second kappa shape index (κ2) is 7.85. The molecule has 2 aliphatic heterocycles. The Kier molecular flexibility index (Phi) is 5.58. The van der Waals surface area contributed by atoms with Crippen LogP contribution in [0.3, 0.4) is 0 Å². The number of nitrogens with one attached hydrogen (secondary N) is 2. The van der Waals surface area contributed by atoms with Crippen molar-refractivity contribution in [1.29, 1.82) is 0 Å². The molecule has 6 nitrogen and oxygen atoms in total. The van der Waals surface area contributed by atoms with E-state index in [-0.39, 0.29) is 24.3 Å². The number of hydrogen-bond acceptors (Lipinski definition) is 4. The van der Waals surface area contributed by atoms with E-state index in [9.17, 15) is 4.79 Å². The molecule has 0 radical (unpaired) electrons. The Balaban J connectivity index is 1.43. The van der Waals surface area contributed by atoms with Gasteiger partial charge in [-0.1, -0.05) is 18.2 Å². The van der Waals surface area contributed by atoms with Gasteiger partial charge in [0, 0.05) is 38.2 Å². The van der Waals surface area contributed by atoms with E-state index in [4.69, 9.17) is 9.47 Å². The smallest absolute Gasteiger partial charge is 0.315 e. The fraction of sp³-hybridized carbons (Fsp3) is 0.611. The zero-order valence-electron chi connectivity index (χ0n) is 14.5. The summed E-state index contributed by atoms with van der Waals surface area (Å²) in [7, 11) is 0.